The van der Waals surface area contributed by atoms with Gasteiger partial charge in [-0.05, 0) is 29.7 Å². The van der Waals surface area contributed by atoms with Crippen molar-refractivity contribution in [1.82, 2.24) is 20.2 Å². The smallest absolute Gasteiger partial charge is 0.209 e. The molecule has 0 fully saturated rings. The maximum atomic E-state index is 12.5. The summed E-state index contributed by atoms with van der Waals surface area (Å²) in [6, 6.07) is 11.8. The zero-order valence-corrected chi connectivity index (χ0v) is 13.6. The number of ketones is 1. The molecular formula is C18H14N4OS. The molecule has 1 aliphatic rings. The molecule has 5 nitrogen and oxygen atoms in total. The number of hydrogen-bond acceptors (Lipinski definition) is 5. The predicted octanol–water partition coefficient (Wildman–Crippen LogP) is 3.17. The van der Waals surface area contributed by atoms with E-state index in [-0.39, 0.29) is 5.78 Å². The highest BCUT2D eigenvalue weighted by Crippen LogP contribution is 2.29. The average Bonchev–Trinajstić information content (AvgIpc) is 3.27. The Balaban J connectivity index is 1.43. The van der Waals surface area contributed by atoms with E-state index >= 15 is 0 Å². The third-order valence-corrected chi connectivity index (χ3v) is 4.73. The van der Waals surface area contributed by atoms with Gasteiger partial charge in [-0.15, -0.1) is 5.10 Å². The molecule has 0 aliphatic heterocycles. The number of rotatable bonds is 5. The highest BCUT2D eigenvalue weighted by Gasteiger charge is 2.20. The monoisotopic (exact) mass is 334 g/mol. The molecule has 0 saturated heterocycles. The molecule has 0 saturated carbocycles. The Morgan fingerprint density at radius 3 is 2.88 bits per heavy atom. The molecular weight excluding hydrogens is 320 g/mol. The lowest BCUT2D eigenvalue weighted by molar-refractivity contribution is -0.111. The summed E-state index contributed by atoms with van der Waals surface area (Å²) in [6.07, 6.45) is 6.25. The Labute approximate surface area is 143 Å². The molecule has 1 aromatic carbocycles. The first kappa shape index (κ1) is 14.8. The molecule has 4 rings (SSSR count). The van der Waals surface area contributed by atoms with Crippen LogP contribution < -0.4 is 0 Å². The van der Waals surface area contributed by atoms with E-state index in [1.807, 2.05) is 36.4 Å². The fraction of sp³-hybridized carbons (Fsp3) is 0.111. The first-order valence-corrected chi connectivity index (χ1v) is 8.57. The number of pyridine rings is 1. The summed E-state index contributed by atoms with van der Waals surface area (Å²) in [5.41, 5.74) is 3.99. The second-order valence-electron chi connectivity index (χ2n) is 5.39. The molecule has 2 aromatic heterocycles. The van der Waals surface area contributed by atoms with Gasteiger partial charge < -0.3 is 0 Å². The Hall–Kier alpha value is -2.73. The maximum Gasteiger partial charge on any atom is 0.209 e. The van der Waals surface area contributed by atoms with Crippen LogP contribution in [0.4, 0.5) is 0 Å². The van der Waals surface area contributed by atoms with E-state index < -0.39 is 0 Å². The number of aromatic nitrogens is 4. The van der Waals surface area contributed by atoms with E-state index in [4.69, 9.17) is 0 Å². The summed E-state index contributed by atoms with van der Waals surface area (Å²) in [5.74, 6) is 1.12. The SMILES string of the molecule is O=C(CSc1n[nH]c(-c2ccncc2)n1)C1=CCc2ccccc21. The van der Waals surface area contributed by atoms with E-state index in [0.29, 0.717) is 16.7 Å². The van der Waals surface area contributed by atoms with Crippen molar-refractivity contribution in [3.63, 3.8) is 0 Å². The molecule has 0 amide bonds. The largest absolute Gasteiger partial charge is 0.293 e. The van der Waals surface area contributed by atoms with Crippen molar-refractivity contribution in [2.24, 2.45) is 0 Å². The number of fused-ring (bicyclic) bond motifs is 1. The van der Waals surface area contributed by atoms with E-state index in [2.05, 4.69) is 26.2 Å². The molecule has 0 atom stereocenters. The number of allylic oxidation sites excluding steroid dienone is 2. The van der Waals surface area contributed by atoms with Crippen LogP contribution in [0, 0.1) is 0 Å². The Bertz CT molecular complexity index is 918. The van der Waals surface area contributed by atoms with Gasteiger partial charge in [-0.2, -0.15) is 0 Å². The van der Waals surface area contributed by atoms with E-state index in [1.54, 1.807) is 12.4 Å². The maximum absolute atomic E-state index is 12.5. The second kappa shape index (κ2) is 6.41. The van der Waals surface area contributed by atoms with Crippen LogP contribution in [0.1, 0.15) is 11.1 Å². The Kier molecular flexibility index (Phi) is 3.96. The van der Waals surface area contributed by atoms with Gasteiger partial charge in [0.2, 0.25) is 5.16 Å². The molecule has 1 aliphatic carbocycles. The molecule has 0 spiro atoms. The predicted molar refractivity (Wildman–Crippen MR) is 93.5 cm³/mol. The van der Waals surface area contributed by atoms with E-state index in [0.717, 1.165) is 23.1 Å². The number of nitrogens with zero attached hydrogens (tertiary/aromatic N) is 3. The van der Waals surface area contributed by atoms with Crippen molar-refractivity contribution in [2.45, 2.75) is 11.6 Å². The van der Waals surface area contributed by atoms with Crippen molar-refractivity contribution in [3.8, 4) is 11.4 Å². The summed E-state index contributed by atoms with van der Waals surface area (Å²) in [6.45, 7) is 0. The minimum Gasteiger partial charge on any atom is -0.293 e. The van der Waals surface area contributed by atoms with Crippen molar-refractivity contribution in [2.75, 3.05) is 5.75 Å². The number of carbonyl (C=O) groups excluding carboxylic acids is 1. The molecule has 24 heavy (non-hydrogen) atoms. The Morgan fingerprint density at radius 1 is 1.17 bits per heavy atom. The number of benzene rings is 1. The van der Waals surface area contributed by atoms with Gasteiger partial charge in [0.1, 0.15) is 0 Å². The van der Waals surface area contributed by atoms with Gasteiger partial charge in [-0.25, -0.2) is 4.98 Å². The lowest BCUT2D eigenvalue weighted by atomic mass is 10.0. The number of hydrogen-bond donors (Lipinski definition) is 1. The fourth-order valence-corrected chi connectivity index (χ4v) is 3.39. The number of Topliss-reactive ketones (excluding diaryl/α,β-unsaturated/α-hetero) is 1. The summed E-state index contributed by atoms with van der Waals surface area (Å²) in [4.78, 5) is 20.9. The number of thioether (sulfide) groups is 1. The van der Waals surface area contributed by atoms with Crippen LogP contribution in [0.15, 0.2) is 60.0 Å². The van der Waals surface area contributed by atoms with Gasteiger partial charge >= 0.3 is 0 Å². The summed E-state index contributed by atoms with van der Waals surface area (Å²) in [5, 5.41) is 7.64. The molecule has 0 bridgehead atoms. The van der Waals surface area contributed by atoms with Crippen molar-refractivity contribution >= 4 is 23.1 Å². The van der Waals surface area contributed by atoms with Crippen molar-refractivity contribution < 1.29 is 4.79 Å². The van der Waals surface area contributed by atoms with Crippen LogP contribution in [-0.4, -0.2) is 31.7 Å². The van der Waals surface area contributed by atoms with Gasteiger partial charge in [-0.3, -0.25) is 14.9 Å². The molecule has 6 heteroatoms. The standard InChI is InChI=1S/C18H14N4OS/c23-16(15-6-5-12-3-1-2-4-14(12)15)11-24-18-20-17(21-22-18)13-7-9-19-10-8-13/h1-4,6-10H,5,11H2,(H,20,21,22). The second-order valence-corrected chi connectivity index (χ2v) is 6.34. The first-order valence-electron chi connectivity index (χ1n) is 7.58. The molecule has 3 aromatic rings. The van der Waals surface area contributed by atoms with Crippen molar-refractivity contribution in [1.29, 1.82) is 0 Å². The van der Waals surface area contributed by atoms with E-state index in [1.165, 1.54) is 17.3 Å². The summed E-state index contributed by atoms with van der Waals surface area (Å²) in [7, 11) is 0. The van der Waals surface area contributed by atoms with E-state index in [9.17, 15) is 4.79 Å². The van der Waals surface area contributed by atoms with Crippen LogP contribution in [0.2, 0.25) is 0 Å². The highest BCUT2D eigenvalue weighted by atomic mass is 32.2. The molecule has 1 N–H and O–H groups in total. The average molecular weight is 334 g/mol. The number of carbonyl (C=O) groups is 1. The normalized spacial score (nSPS) is 12.8. The lowest BCUT2D eigenvalue weighted by Crippen LogP contribution is -2.04. The van der Waals surface area contributed by atoms with Gasteiger partial charge in [-0.1, -0.05) is 42.1 Å². The summed E-state index contributed by atoms with van der Waals surface area (Å²) < 4.78 is 0. The number of H-pyrrole nitrogens is 1. The minimum atomic E-state index is 0.111. The fourth-order valence-electron chi connectivity index (χ4n) is 2.70. The zero-order valence-electron chi connectivity index (χ0n) is 12.8. The Morgan fingerprint density at radius 2 is 2.00 bits per heavy atom. The van der Waals surface area contributed by atoms with Crippen LogP contribution in [0.5, 0.6) is 0 Å². The third kappa shape index (κ3) is 2.88. The number of aromatic amines is 1. The van der Waals surface area contributed by atoms with Crippen LogP contribution in [-0.2, 0) is 11.2 Å². The van der Waals surface area contributed by atoms with Crippen molar-refractivity contribution in [3.05, 3.63) is 66.0 Å². The highest BCUT2D eigenvalue weighted by molar-refractivity contribution is 7.99. The molecule has 0 unspecified atom stereocenters. The first-order chi connectivity index (χ1) is 11.8. The molecule has 118 valence electrons. The topological polar surface area (TPSA) is 71.5 Å². The minimum absolute atomic E-state index is 0.111. The zero-order chi connectivity index (χ0) is 16.4. The van der Waals surface area contributed by atoms with Crippen LogP contribution in [0.3, 0.4) is 0 Å². The van der Waals surface area contributed by atoms with Crippen LogP contribution >= 0.6 is 11.8 Å². The van der Waals surface area contributed by atoms with Gasteiger partial charge in [0.05, 0.1) is 5.75 Å². The summed E-state index contributed by atoms with van der Waals surface area (Å²) >= 11 is 1.35. The lowest BCUT2D eigenvalue weighted by Gasteiger charge is -2.03. The van der Waals surface area contributed by atoms with Crippen LogP contribution in [0.25, 0.3) is 17.0 Å². The van der Waals surface area contributed by atoms with Gasteiger partial charge in [0.15, 0.2) is 11.6 Å². The molecule has 2 heterocycles. The third-order valence-electron chi connectivity index (χ3n) is 3.89. The van der Waals surface area contributed by atoms with Gasteiger partial charge in [0.25, 0.3) is 0 Å². The molecule has 0 radical (unpaired) electrons. The number of nitrogens with one attached hydrogen (secondary N) is 1. The van der Waals surface area contributed by atoms with Gasteiger partial charge in [0, 0.05) is 23.5 Å². The quantitative estimate of drug-likeness (QED) is 0.726.